The molecular weight excluding hydrogens is 289 g/mol. The third kappa shape index (κ3) is 2.27. The van der Waals surface area contributed by atoms with Gasteiger partial charge in [-0.3, -0.25) is 19.1 Å². The van der Waals surface area contributed by atoms with Crippen molar-refractivity contribution in [1.82, 2.24) is 9.55 Å². The van der Waals surface area contributed by atoms with Crippen molar-refractivity contribution in [2.75, 3.05) is 13.3 Å². The topological polar surface area (TPSA) is 127 Å². The summed E-state index contributed by atoms with van der Waals surface area (Å²) in [5.74, 6) is 0. The molecule has 1 aromatic rings. The molecule has 2 aliphatic rings. The second kappa shape index (κ2) is 4.64. The van der Waals surface area contributed by atoms with E-state index >= 15 is 0 Å². The summed E-state index contributed by atoms with van der Waals surface area (Å²) in [5.41, 5.74) is 0.0377. The van der Waals surface area contributed by atoms with Crippen molar-refractivity contribution < 1.29 is 28.6 Å². The average molecular weight is 303 g/mol. The Balaban J connectivity index is 1.92. The van der Waals surface area contributed by atoms with Crippen LogP contribution < -0.4 is 10.2 Å². The van der Waals surface area contributed by atoms with Crippen molar-refractivity contribution in [1.29, 1.82) is 5.41 Å². The van der Waals surface area contributed by atoms with E-state index in [1.807, 2.05) is 0 Å². The number of aromatic nitrogens is 2. The van der Waals surface area contributed by atoms with E-state index in [0.29, 0.717) is 0 Å². The quantitative estimate of drug-likeness (QED) is 0.625. The van der Waals surface area contributed by atoms with Gasteiger partial charge in [0.2, 0.25) is 0 Å². The fraction of sp³-hybridized carbons (Fsp3) is 0.600. The minimum atomic E-state index is -3.76. The fourth-order valence-corrected chi connectivity index (χ4v) is 3.08. The lowest BCUT2D eigenvalue weighted by molar-refractivity contribution is -0.0403. The number of aliphatic hydroxyl groups excluding tert-OH is 1. The molecule has 110 valence electrons. The highest BCUT2D eigenvalue weighted by Gasteiger charge is 2.53. The normalized spacial score (nSPS) is 34.1. The number of nitrogens with one attached hydrogen (secondary N) is 1. The molecule has 10 heteroatoms. The Hall–Kier alpha value is -1.25. The summed E-state index contributed by atoms with van der Waals surface area (Å²) in [6.45, 7) is 0.699. The Morgan fingerprint density at radius 2 is 2.40 bits per heavy atom. The zero-order valence-electron chi connectivity index (χ0n) is 10.5. The third-order valence-electron chi connectivity index (χ3n) is 3.13. The number of nitrogens with zero attached hydrogens (tertiary/aromatic N) is 2. The van der Waals surface area contributed by atoms with Crippen LogP contribution in [0.5, 0.6) is 6.01 Å². The maximum atomic E-state index is 11.4. The molecule has 5 unspecified atom stereocenters. The van der Waals surface area contributed by atoms with E-state index in [4.69, 9.17) is 19.4 Å². The smallest absolute Gasteiger partial charge is 0.325 e. The first-order valence-corrected chi connectivity index (χ1v) is 7.97. The second-order valence-corrected chi connectivity index (χ2v) is 6.52. The summed E-state index contributed by atoms with van der Waals surface area (Å²) in [6, 6.07) is 1.65. The summed E-state index contributed by atoms with van der Waals surface area (Å²) >= 11 is 0. The minimum Gasteiger partial charge on any atom is -0.453 e. The van der Waals surface area contributed by atoms with Gasteiger partial charge < -0.3 is 19.5 Å². The van der Waals surface area contributed by atoms with Crippen molar-refractivity contribution in [3.63, 3.8) is 0 Å². The van der Waals surface area contributed by atoms with E-state index in [9.17, 15) is 14.6 Å². The van der Waals surface area contributed by atoms with Gasteiger partial charge >= 0.3 is 13.6 Å². The van der Waals surface area contributed by atoms with Gasteiger partial charge in [0.15, 0.2) is 17.8 Å². The van der Waals surface area contributed by atoms with Crippen LogP contribution in [0.4, 0.5) is 0 Å². The largest absolute Gasteiger partial charge is 0.453 e. The van der Waals surface area contributed by atoms with Gasteiger partial charge in [0.25, 0.3) is 0 Å². The molecule has 0 aromatic carbocycles. The van der Waals surface area contributed by atoms with E-state index < -0.39 is 32.1 Å². The molecule has 0 amide bonds. The monoisotopic (exact) mass is 303 g/mol. The Bertz CT molecular complexity index is 628. The number of rotatable bonds is 3. The van der Waals surface area contributed by atoms with Crippen LogP contribution >= 0.6 is 7.60 Å². The highest BCUT2D eigenvalue weighted by molar-refractivity contribution is 7.51. The zero-order chi connectivity index (χ0) is 14.5. The molecule has 9 nitrogen and oxygen atoms in total. The van der Waals surface area contributed by atoms with Crippen LogP contribution in [0.15, 0.2) is 12.3 Å². The van der Waals surface area contributed by atoms with E-state index in [1.54, 1.807) is 10.8 Å². The molecule has 3 N–H and O–H groups in total. The van der Waals surface area contributed by atoms with E-state index in [-0.39, 0.29) is 18.1 Å². The van der Waals surface area contributed by atoms with Gasteiger partial charge in [-0.15, -0.1) is 0 Å². The lowest BCUT2D eigenvalue weighted by Crippen LogP contribution is -2.37. The second-order valence-electron chi connectivity index (χ2n) is 4.71. The molecule has 0 aliphatic carbocycles. The maximum absolute atomic E-state index is 11.4. The summed E-state index contributed by atoms with van der Waals surface area (Å²) in [5, 5.41) is 16.7. The average Bonchev–Trinajstić information content (AvgIpc) is 2.84. The first-order chi connectivity index (χ1) is 9.39. The molecule has 3 rings (SSSR count). The van der Waals surface area contributed by atoms with Gasteiger partial charge in [0, 0.05) is 12.9 Å². The molecule has 0 saturated carbocycles. The standard InChI is InChI=1S/C10H14N3O6P/c1-20(15,16)19-7-5(4-14)17-9-8(7)18-10-12-6(11)2-3-13(9)10/h2-3,5,7-9,11,14H,4H2,1H3,(H,15,16). The van der Waals surface area contributed by atoms with Gasteiger partial charge in [-0.05, 0) is 6.07 Å². The van der Waals surface area contributed by atoms with Gasteiger partial charge in [0.05, 0.1) is 6.61 Å². The van der Waals surface area contributed by atoms with Crippen LogP contribution in [-0.2, 0) is 13.8 Å². The molecule has 2 aliphatic heterocycles. The molecule has 3 heterocycles. The van der Waals surface area contributed by atoms with E-state index in [2.05, 4.69) is 4.98 Å². The lowest BCUT2D eigenvalue weighted by Gasteiger charge is -2.21. The number of ether oxygens (including phenoxy) is 2. The van der Waals surface area contributed by atoms with Crippen molar-refractivity contribution in [2.45, 2.75) is 24.5 Å². The number of fused-ring (bicyclic) bond motifs is 3. The summed E-state index contributed by atoms with van der Waals surface area (Å²) in [4.78, 5) is 13.3. The van der Waals surface area contributed by atoms with Crippen LogP contribution in [0.3, 0.4) is 0 Å². The van der Waals surface area contributed by atoms with Crippen LogP contribution in [-0.4, -0.2) is 51.1 Å². The molecule has 20 heavy (non-hydrogen) atoms. The van der Waals surface area contributed by atoms with Crippen LogP contribution in [0.2, 0.25) is 0 Å². The highest BCUT2D eigenvalue weighted by atomic mass is 31.2. The maximum Gasteiger partial charge on any atom is 0.325 e. The third-order valence-corrected chi connectivity index (χ3v) is 3.76. The molecule has 1 aromatic heterocycles. The number of hydrogen-bond donors (Lipinski definition) is 3. The molecule has 1 saturated heterocycles. The number of aliphatic hydroxyl groups is 1. The first-order valence-electron chi connectivity index (χ1n) is 5.94. The van der Waals surface area contributed by atoms with Crippen LogP contribution in [0.1, 0.15) is 6.23 Å². The first kappa shape index (κ1) is 13.7. The summed E-state index contributed by atoms with van der Waals surface area (Å²) < 4.78 is 29.2. The summed E-state index contributed by atoms with van der Waals surface area (Å²) in [6.07, 6.45) is -1.37. The Labute approximate surface area is 113 Å². The molecule has 0 radical (unpaired) electrons. The lowest BCUT2D eigenvalue weighted by atomic mass is 10.1. The molecule has 5 atom stereocenters. The molecule has 0 spiro atoms. The molecule has 0 bridgehead atoms. The van der Waals surface area contributed by atoms with Gasteiger partial charge in [-0.1, -0.05) is 0 Å². The van der Waals surface area contributed by atoms with Crippen molar-refractivity contribution in [3.8, 4) is 6.01 Å². The Morgan fingerprint density at radius 3 is 3.05 bits per heavy atom. The van der Waals surface area contributed by atoms with Gasteiger partial charge in [0.1, 0.15) is 12.2 Å². The van der Waals surface area contributed by atoms with Crippen molar-refractivity contribution in [3.05, 3.63) is 17.8 Å². The molecule has 1 fully saturated rings. The van der Waals surface area contributed by atoms with Crippen LogP contribution in [0, 0.1) is 5.41 Å². The summed E-state index contributed by atoms with van der Waals surface area (Å²) in [7, 11) is -3.76. The van der Waals surface area contributed by atoms with Crippen molar-refractivity contribution in [2.24, 2.45) is 0 Å². The predicted molar refractivity (Wildman–Crippen MR) is 64.1 cm³/mol. The van der Waals surface area contributed by atoms with Crippen LogP contribution in [0.25, 0.3) is 0 Å². The highest BCUT2D eigenvalue weighted by Crippen LogP contribution is 2.47. The Morgan fingerprint density at radius 1 is 1.65 bits per heavy atom. The molecular formula is C10H14N3O6P. The minimum absolute atomic E-state index is 0.0377. The van der Waals surface area contributed by atoms with E-state index in [0.717, 1.165) is 6.66 Å². The predicted octanol–water partition coefficient (Wildman–Crippen LogP) is -0.786. The van der Waals surface area contributed by atoms with Crippen molar-refractivity contribution >= 4 is 7.60 Å². The van der Waals surface area contributed by atoms with Gasteiger partial charge in [-0.25, -0.2) is 0 Å². The van der Waals surface area contributed by atoms with Gasteiger partial charge in [-0.2, -0.15) is 4.98 Å². The zero-order valence-corrected chi connectivity index (χ0v) is 11.4. The SMILES string of the molecule is CP(=O)(O)OC1C(CO)OC2C1Oc1nc(=N)ccn12. The number of hydrogen-bond acceptors (Lipinski definition) is 7. The fourth-order valence-electron chi connectivity index (χ4n) is 2.37. The van der Waals surface area contributed by atoms with E-state index in [1.165, 1.54) is 6.07 Å². The Kier molecular flexibility index (Phi) is 3.19.